The molecule has 0 aromatic carbocycles. The second kappa shape index (κ2) is 7.15. The van der Waals surface area contributed by atoms with Gasteiger partial charge in [0, 0.05) is 19.3 Å². The first kappa shape index (κ1) is 16.8. The molecule has 1 aliphatic rings. The van der Waals surface area contributed by atoms with Gasteiger partial charge in [0.05, 0.1) is 6.54 Å². The number of ether oxygens (including phenoxy) is 1. The standard InChI is InChI=1S/C16H26N2O4/c1-11-4-5-14(22-11)16(3,20)10-17-15(19)18-12(2)13-6-8-21-9-7-13/h4-5,12-13,20H,6-10H2,1-3H3,(H2,17,18,19). The van der Waals surface area contributed by atoms with Gasteiger partial charge < -0.3 is 24.9 Å². The lowest BCUT2D eigenvalue weighted by atomic mass is 9.93. The summed E-state index contributed by atoms with van der Waals surface area (Å²) in [4.78, 5) is 12.0. The van der Waals surface area contributed by atoms with Gasteiger partial charge in [-0.05, 0) is 51.7 Å². The molecule has 1 aliphatic heterocycles. The molecule has 0 spiro atoms. The average molecular weight is 310 g/mol. The molecular formula is C16H26N2O4. The van der Waals surface area contributed by atoms with Crippen molar-refractivity contribution in [2.75, 3.05) is 19.8 Å². The van der Waals surface area contributed by atoms with E-state index < -0.39 is 5.60 Å². The fourth-order valence-corrected chi connectivity index (χ4v) is 2.65. The Morgan fingerprint density at radius 3 is 2.73 bits per heavy atom. The van der Waals surface area contributed by atoms with E-state index in [2.05, 4.69) is 10.6 Å². The molecule has 2 rings (SSSR count). The zero-order chi connectivity index (χ0) is 16.2. The number of aliphatic hydroxyl groups is 1. The SMILES string of the molecule is Cc1ccc(C(C)(O)CNC(=O)NC(C)C2CCOCC2)o1. The lowest BCUT2D eigenvalue weighted by molar-refractivity contribution is 0.0353. The Balaban J connectivity index is 1.79. The van der Waals surface area contributed by atoms with Crippen molar-refractivity contribution in [3.8, 4) is 0 Å². The zero-order valence-electron chi connectivity index (χ0n) is 13.5. The van der Waals surface area contributed by atoms with Gasteiger partial charge in [-0.2, -0.15) is 0 Å². The fraction of sp³-hybridized carbons (Fsp3) is 0.688. The molecule has 2 unspecified atom stereocenters. The largest absolute Gasteiger partial charge is 0.463 e. The van der Waals surface area contributed by atoms with Crippen LogP contribution in [0.25, 0.3) is 0 Å². The Morgan fingerprint density at radius 2 is 2.14 bits per heavy atom. The summed E-state index contributed by atoms with van der Waals surface area (Å²) in [6, 6.07) is 3.32. The van der Waals surface area contributed by atoms with Gasteiger partial charge in [0.1, 0.15) is 17.1 Å². The van der Waals surface area contributed by atoms with E-state index >= 15 is 0 Å². The first-order chi connectivity index (χ1) is 10.4. The quantitative estimate of drug-likeness (QED) is 0.776. The van der Waals surface area contributed by atoms with Crippen molar-refractivity contribution in [1.82, 2.24) is 10.6 Å². The maximum atomic E-state index is 12.0. The van der Waals surface area contributed by atoms with Gasteiger partial charge >= 0.3 is 6.03 Å². The number of carbonyl (C=O) groups excluding carboxylic acids is 1. The maximum absolute atomic E-state index is 12.0. The van der Waals surface area contributed by atoms with Crippen molar-refractivity contribution in [3.63, 3.8) is 0 Å². The summed E-state index contributed by atoms with van der Waals surface area (Å²) in [7, 11) is 0. The first-order valence-corrected chi connectivity index (χ1v) is 7.80. The summed E-state index contributed by atoms with van der Waals surface area (Å²) >= 11 is 0. The number of hydrogen-bond donors (Lipinski definition) is 3. The van der Waals surface area contributed by atoms with Crippen LogP contribution in [0.15, 0.2) is 16.5 Å². The number of amides is 2. The van der Waals surface area contributed by atoms with E-state index in [0.717, 1.165) is 31.8 Å². The minimum Gasteiger partial charge on any atom is -0.463 e. The van der Waals surface area contributed by atoms with Crippen molar-refractivity contribution in [3.05, 3.63) is 23.7 Å². The number of furan rings is 1. The van der Waals surface area contributed by atoms with Gasteiger partial charge in [0.15, 0.2) is 0 Å². The molecule has 0 saturated carbocycles. The molecule has 124 valence electrons. The molecule has 22 heavy (non-hydrogen) atoms. The van der Waals surface area contributed by atoms with Crippen LogP contribution in [0.5, 0.6) is 0 Å². The van der Waals surface area contributed by atoms with Gasteiger partial charge in [-0.25, -0.2) is 4.79 Å². The Hall–Kier alpha value is -1.53. The van der Waals surface area contributed by atoms with Crippen molar-refractivity contribution in [1.29, 1.82) is 0 Å². The third kappa shape index (κ3) is 4.48. The van der Waals surface area contributed by atoms with E-state index in [9.17, 15) is 9.90 Å². The third-order valence-corrected chi connectivity index (χ3v) is 4.20. The lowest BCUT2D eigenvalue weighted by Crippen LogP contribution is -2.48. The fourth-order valence-electron chi connectivity index (χ4n) is 2.65. The summed E-state index contributed by atoms with van der Waals surface area (Å²) in [6.45, 7) is 7.04. The second-order valence-electron chi connectivity index (χ2n) is 6.25. The molecule has 3 N–H and O–H groups in total. The Kier molecular flexibility index (Phi) is 5.47. The molecule has 2 atom stereocenters. The van der Waals surface area contributed by atoms with Crippen LogP contribution >= 0.6 is 0 Å². The summed E-state index contributed by atoms with van der Waals surface area (Å²) in [5, 5.41) is 16.0. The predicted molar refractivity (Wildman–Crippen MR) is 82.6 cm³/mol. The second-order valence-corrected chi connectivity index (χ2v) is 6.25. The number of urea groups is 1. The highest BCUT2D eigenvalue weighted by Gasteiger charge is 2.28. The molecule has 6 heteroatoms. The summed E-state index contributed by atoms with van der Waals surface area (Å²) in [5.74, 6) is 1.61. The lowest BCUT2D eigenvalue weighted by Gasteiger charge is -2.29. The van der Waals surface area contributed by atoms with Crippen molar-refractivity contribution in [2.24, 2.45) is 5.92 Å². The summed E-state index contributed by atoms with van der Waals surface area (Å²) in [6.07, 6.45) is 1.93. The van der Waals surface area contributed by atoms with Gasteiger partial charge in [-0.15, -0.1) is 0 Å². The highest BCUT2D eigenvalue weighted by atomic mass is 16.5. The normalized spacial score (nSPS) is 20.2. The van der Waals surface area contributed by atoms with Crippen LogP contribution in [0.3, 0.4) is 0 Å². The Labute approximate surface area is 131 Å². The van der Waals surface area contributed by atoms with Crippen LogP contribution in [-0.4, -0.2) is 36.9 Å². The number of carbonyl (C=O) groups is 1. The third-order valence-electron chi connectivity index (χ3n) is 4.20. The van der Waals surface area contributed by atoms with Crippen LogP contribution in [0.4, 0.5) is 4.79 Å². The Bertz CT molecular complexity index is 492. The molecule has 0 bridgehead atoms. The smallest absolute Gasteiger partial charge is 0.315 e. The van der Waals surface area contributed by atoms with Crippen LogP contribution < -0.4 is 10.6 Å². The monoisotopic (exact) mass is 310 g/mol. The maximum Gasteiger partial charge on any atom is 0.315 e. The zero-order valence-corrected chi connectivity index (χ0v) is 13.5. The van der Waals surface area contributed by atoms with Gasteiger partial charge in [0.25, 0.3) is 0 Å². The molecule has 0 aliphatic carbocycles. The summed E-state index contributed by atoms with van der Waals surface area (Å²) in [5.41, 5.74) is -1.23. The minimum absolute atomic E-state index is 0.0831. The number of aryl methyl sites for hydroxylation is 1. The van der Waals surface area contributed by atoms with Crippen molar-refractivity contribution < 1.29 is 19.1 Å². The molecule has 6 nitrogen and oxygen atoms in total. The van der Waals surface area contributed by atoms with Crippen molar-refractivity contribution >= 4 is 6.03 Å². The molecule has 1 fully saturated rings. The topological polar surface area (TPSA) is 83.7 Å². The molecular weight excluding hydrogens is 284 g/mol. The number of hydrogen-bond acceptors (Lipinski definition) is 4. The highest BCUT2D eigenvalue weighted by molar-refractivity contribution is 5.74. The van der Waals surface area contributed by atoms with Gasteiger partial charge in [-0.3, -0.25) is 0 Å². The highest BCUT2D eigenvalue weighted by Crippen LogP contribution is 2.22. The van der Waals surface area contributed by atoms with Crippen LogP contribution in [-0.2, 0) is 10.3 Å². The van der Waals surface area contributed by atoms with E-state index in [1.165, 1.54) is 0 Å². The molecule has 1 aromatic rings. The van der Waals surface area contributed by atoms with E-state index in [0.29, 0.717) is 11.7 Å². The number of nitrogens with one attached hydrogen (secondary N) is 2. The molecule has 0 radical (unpaired) electrons. The van der Waals surface area contributed by atoms with Crippen LogP contribution in [0, 0.1) is 12.8 Å². The van der Waals surface area contributed by atoms with Gasteiger partial charge in [-0.1, -0.05) is 0 Å². The molecule has 1 saturated heterocycles. The van der Waals surface area contributed by atoms with Crippen LogP contribution in [0.2, 0.25) is 0 Å². The number of rotatable bonds is 5. The molecule has 1 aromatic heterocycles. The molecule has 2 heterocycles. The van der Waals surface area contributed by atoms with Crippen molar-refractivity contribution in [2.45, 2.75) is 45.3 Å². The first-order valence-electron chi connectivity index (χ1n) is 7.80. The van der Waals surface area contributed by atoms with Gasteiger partial charge in [0.2, 0.25) is 0 Å². The Morgan fingerprint density at radius 1 is 1.45 bits per heavy atom. The van der Waals surface area contributed by atoms with Crippen LogP contribution in [0.1, 0.15) is 38.2 Å². The van der Waals surface area contributed by atoms with E-state index in [1.807, 2.05) is 13.8 Å². The van der Waals surface area contributed by atoms with E-state index in [-0.39, 0.29) is 18.6 Å². The van der Waals surface area contributed by atoms with E-state index in [4.69, 9.17) is 9.15 Å². The van der Waals surface area contributed by atoms with E-state index in [1.54, 1.807) is 19.1 Å². The minimum atomic E-state index is -1.23. The average Bonchev–Trinajstić information content (AvgIpc) is 2.94. The molecule has 2 amide bonds. The summed E-state index contributed by atoms with van der Waals surface area (Å²) < 4.78 is 10.7. The predicted octanol–water partition coefficient (Wildman–Crippen LogP) is 1.91.